The van der Waals surface area contributed by atoms with Crippen molar-refractivity contribution in [2.24, 2.45) is 0 Å². The van der Waals surface area contributed by atoms with E-state index in [-0.39, 0.29) is 12.5 Å². The van der Waals surface area contributed by atoms with Gasteiger partial charge in [0.25, 0.3) is 5.91 Å². The Hall–Kier alpha value is -2.08. The Kier molecular flexibility index (Phi) is 5.77. The van der Waals surface area contributed by atoms with Gasteiger partial charge in [0, 0.05) is 5.69 Å². The van der Waals surface area contributed by atoms with Crippen LogP contribution in [0.5, 0.6) is 0 Å². The van der Waals surface area contributed by atoms with Crippen LogP contribution in [0.1, 0.15) is 12.5 Å². The van der Waals surface area contributed by atoms with Crippen molar-refractivity contribution in [1.82, 2.24) is 5.32 Å². The number of nitrogens with one attached hydrogen (secondary N) is 2. The lowest BCUT2D eigenvalue weighted by molar-refractivity contribution is -0.892. The van der Waals surface area contributed by atoms with Gasteiger partial charge in [0.15, 0.2) is 6.54 Å². The van der Waals surface area contributed by atoms with Crippen LogP contribution in [0, 0.1) is 6.92 Å². The van der Waals surface area contributed by atoms with Crippen LogP contribution in [-0.4, -0.2) is 51.3 Å². The molecule has 22 heavy (non-hydrogen) atoms. The first-order valence-corrected chi connectivity index (χ1v) is 7.71. The van der Waals surface area contributed by atoms with Crippen molar-refractivity contribution < 1.29 is 19.2 Å². The van der Waals surface area contributed by atoms with Gasteiger partial charge in [-0.2, -0.15) is 0 Å². The van der Waals surface area contributed by atoms with Gasteiger partial charge in [0.05, 0.1) is 32.8 Å². The van der Waals surface area contributed by atoms with Gasteiger partial charge in [0.2, 0.25) is 0 Å². The molecule has 1 saturated heterocycles. The number of hydrogen-bond donors (Lipinski definition) is 2. The quantitative estimate of drug-likeness (QED) is 0.820. The molecular formula is C16H24N3O3+. The molecule has 6 nitrogen and oxygen atoms in total. The van der Waals surface area contributed by atoms with Crippen molar-refractivity contribution in [3.8, 4) is 0 Å². The fourth-order valence-electron chi connectivity index (χ4n) is 2.71. The minimum Gasteiger partial charge on any atom is -0.450 e. The molecule has 1 aromatic rings. The van der Waals surface area contributed by atoms with Gasteiger partial charge in [-0.1, -0.05) is 18.2 Å². The zero-order chi connectivity index (χ0) is 15.9. The van der Waals surface area contributed by atoms with E-state index < -0.39 is 6.09 Å². The van der Waals surface area contributed by atoms with E-state index in [0.29, 0.717) is 6.54 Å². The van der Waals surface area contributed by atoms with Gasteiger partial charge in [-0.15, -0.1) is 0 Å². The predicted octanol–water partition coefficient (Wildman–Crippen LogP) is -0.0274. The summed E-state index contributed by atoms with van der Waals surface area (Å²) in [7, 11) is 0. The Labute approximate surface area is 131 Å². The highest BCUT2D eigenvalue weighted by molar-refractivity contribution is 5.92. The van der Waals surface area contributed by atoms with Crippen LogP contribution in [0.15, 0.2) is 24.3 Å². The number of carbonyl (C=O) groups is 2. The van der Waals surface area contributed by atoms with Gasteiger partial charge < -0.3 is 14.5 Å². The summed E-state index contributed by atoms with van der Waals surface area (Å²) in [5, 5.41) is 2.25. The second kappa shape index (κ2) is 7.79. The molecule has 120 valence electrons. The standard InChI is InChI=1S/C16H23N3O3/c1-3-22-16(21)17-15(20)12-18-8-10-19(11-9-18)14-7-5-4-6-13(14)2/h4-7H,3,8-12H2,1-2H3,(H,17,20,21)/p+1. The third kappa shape index (κ3) is 4.46. The summed E-state index contributed by atoms with van der Waals surface area (Å²) in [5.41, 5.74) is 2.53. The molecule has 1 aliphatic heterocycles. The number of benzene rings is 1. The second-order valence-electron chi connectivity index (χ2n) is 5.47. The predicted molar refractivity (Wildman–Crippen MR) is 84.1 cm³/mol. The number of amides is 2. The van der Waals surface area contributed by atoms with E-state index in [1.54, 1.807) is 6.92 Å². The maximum Gasteiger partial charge on any atom is 0.414 e. The first-order valence-electron chi connectivity index (χ1n) is 7.71. The van der Waals surface area contributed by atoms with Gasteiger partial charge in [0.1, 0.15) is 0 Å². The molecule has 2 rings (SSSR count). The largest absolute Gasteiger partial charge is 0.450 e. The van der Waals surface area contributed by atoms with E-state index in [9.17, 15) is 9.59 Å². The van der Waals surface area contributed by atoms with Crippen LogP contribution >= 0.6 is 0 Å². The Morgan fingerprint density at radius 2 is 1.95 bits per heavy atom. The molecule has 1 heterocycles. The summed E-state index contributed by atoms with van der Waals surface area (Å²) in [6, 6.07) is 8.34. The number of alkyl carbamates (subject to hydrolysis) is 1. The van der Waals surface area contributed by atoms with Crippen molar-refractivity contribution in [2.75, 3.05) is 44.2 Å². The molecule has 0 spiro atoms. The highest BCUT2D eigenvalue weighted by atomic mass is 16.5. The molecule has 6 heteroatoms. The summed E-state index contributed by atoms with van der Waals surface area (Å²) in [5.74, 6) is -0.280. The zero-order valence-corrected chi connectivity index (χ0v) is 13.2. The molecule has 1 aliphatic rings. The van der Waals surface area contributed by atoms with Gasteiger partial charge in [-0.05, 0) is 25.5 Å². The first kappa shape index (κ1) is 16.3. The summed E-state index contributed by atoms with van der Waals surface area (Å²) >= 11 is 0. The number of anilines is 1. The molecule has 1 fully saturated rings. The van der Waals surface area contributed by atoms with Crippen LogP contribution in [0.2, 0.25) is 0 Å². The van der Waals surface area contributed by atoms with E-state index in [1.165, 1.54) is 16.2 Å². The van der Waals surface area contributed by atoms with E-state index in [4.69, 9.17) is 4.74 Å². The third-order valence-electron chi connectivity index (χ3n) is 3.85. The molecule has 0 bridgehead atoms. The second-order valence-corrected chi connectivity index (χ2v) is 5.47. The summed E-state index contributed by atoms with van der Waals surface area (Å²) in [4.78, 5) is 26.5. The van der Waals surface area contributed by atoms with Crippen LogP contribution in [0.25, 0.3) is 0 Å². The first-order chi connectivity index (χ1) is 10.6. The van der Waals surface area contributed by atoms with Crippen molar-refractivity contribution in [1.29, 1.82) is 0 Å². The monoisotopic (exact) mass is 306 g/mol. The van der Waals surface area contributed by atoms with Gasteiger partial charge in [-0.3, -0.25) is 10.1 Å². The lowest BCUT2D eigenvalue weighted by atomic mass is 10.1. The topological polar surface area (TPSA) is 63.1 Å². The fourth-order valence-corrected chi connectivity index (χ4v) is 2.71. The maximum atomic E-state index is 11.8. The number of ether oxygens (including phenoxy) is 1. The van der Waals surface area contributed by atoms with Crippen LogP contribution < -0.4 is 15.1 Å². The van der Waals surface area contributed by atoms with Gasteiger partial charge >= 0.3 is 6.09 Å². The molecular weight excluding hydrogens is 282 g/mol. The molecule has 0 atom stereocenters. The summed E-state index contributed by atoms with van der Waals surface area (Å²) in [6.07, 6.45) is -0.662. The normalized spacial score (nSPS) is 15.5. The molecule has 0 radical (unpaired) electrons. The number of rotatable bonds is 4. The molecule has 0 aromatic heterocycles. The van der Waals surface area contributed by atoms with E-state index in [2.05, 4.69) is 29.3 Å². The Morgan fingerprint density at radius 3 is 2.59 bits per heavy atom. The molecule has 1 aromatic carbocycles. The SMILES string of the molecule is CCOC(=O)NC(=O)C[NH+]1CCN(c2ccccc2C)CC1. The average Bonchev–Trinajstić information content (AvgIpc) is 2.49. The van der Waals surface area contributed by atoms with Crippen molar-refractivity contribution in [3.63, 3.8) is 0 Å². The van der Waals surface area contributed by atoms with Crippen LogP contribution in [0.3, 0.4) is 0 Å². The number of hydrogen-bond acceptors (Lipinski definition) is 4. The van der Waals surface area contributed by atoms with E-state index >= 15 is 0 Å². The smallest absolute Gasteiger partial charge is 0.414 e. The zero-order valence-electron chi connectivity index (χ0n) is 13.2. The van der Waals surface area contributed by atoms with E-state index in [0.717, 1.165) is 26.2 Å². The Bertz CT molecular complexity index is 525. The van der Waals surface area contributed by atoms with Crippen LogP contribution in [-0.2, 0) is 9.53 Å². The summed E-state index contributed by atoms with van der Waals surface area (Å²) < 4.78 is 4.70. The van der Waals surface area contributed by atoms with Crippen molar-refractivity contribution in [3.05, 3.63) is 29.8 Å². The number of piperazine rings is 1. The minimum atomic E-state index is -0.662. The third-order valence-corrected chi connectivity index (χ3v) is 3.85. The van der Waals surface area contributed by atoms with Gasteiger partial charge in [-0.25, -0.2) is 4.79 Å². The highest BCUT2D eigenvalue weighted by Crippen LogP contribution is 2.18. The highest BCUT2D eigenvalue weighted by Gasteiger charge is 2.23. The summed E-state index contributed by atoms with van der Waals surface area (Å²) in [6.45, 7) is 7.97. The lowest BCUT2D eigenvalue weighted by Gasteiger charge is -2.34. The Morgan fingerprint density at radius 1 is 1.27 bits per heavy atom. The number of nitrogens with zero attached hydrogens (tertiary/aromatic N) is 1. The average molecular weight is 306 g/mol. The van der Waals surface area contributed by atoms with E-state index in [1.807, 2.05) is 12.1 Å². The molecule has 2 amide bonds. The number of quaternary nitrogens is 1. The van der Waals surface area contributed by atoms with Crippen molar-refractivity contribution in [2.45, 2.75) is 13.8 Å². The minimum absolute atomic E-state index is 0.265. The Balaban J connectivity index is 1.79. The number of imide groups is 1. The molecule has 0 unspecified atom stereocenters. The number of aryl methyl sites for hydroxylation is 1. The molecule has 2 N–H and O–H groups in total. The molecule has 0 aliphatic carbocycles. The van der Waals surface area contributed by atoms with Crippen LogP contribution in [0.4, 0.5) is 10.5 Å². The lowest BCUT2D eigenvalue weighted by Crippen LogP contribution is -3.16. The maximum absolute atomic E-state index is 11.8. The fraction of sp³-hybridized carbons (Fsp3) is 0.500. The molecule has 0 saturated carbocycles. The number of para-hydroxylation sites is 1. The number of carbonyl (C=O) groups excluding carboxylic acids is 2. The van der Waals surface area contributed by atoms with Crippen molar-refractivity contribution >= 4 is 17.7 Å².